The first kappa shape index (κ1) is 16.3. The number of carbonyl (C=O) groups is 1. The summed E-state index contributed by atoms with van der Waals surface area (Å²) in [6, 6.07) is 10.4. The van der Waals surface area contributed by atoms with Crippen LogP contribution in [-0.4, -0.2) is 22.2 Å². The molecular weight excluding hydrogens is 274 g/mol. The summed E-state index contributed by atoms with van der Waals surface area (Å²) in [7, 11) is 0. The molecule has 22 heavy (non-hydrogen) atoms. The summed E-state index contributed by atoms with van der Waals surface area (Å²) >= 11 is 0. The van der Waals surface area contributed by atoms with Crippen LogP contribution in [0.25, 0.3) is 5.69 Å². The van der Waals surface area contributed by atoms with Gasteiger partial charge in [0.2, 0.25) is 5.91 Å². The van der Waals surface area contributed by atoms with E-state index >= 15 is 0 Å². The van der Waals surface area contributed by atoms with Crippen molar-refractivity contribution in [2.75, 3.05) is 6.54 Å². The van der Waals surface area contributed by atoms with E-state index in [1.807, 2.05) is 25.5 Å². The molecule has 0 fully saturated rings. The van der Waals surface area contributed by atoms with E-state index in [0.29, 0.717) is 6.54 Å². The Labute approximate surface area is 132 Å². The topological polar surface area (TPSA) is 46.9 Å². The van der Waals surface area contributed by atoms with E-state index in [1.165, 1.54) is 5.56 Å². The molecule has 0 bridgehead atoms. The molecule has 0 saturated heterocycles. The minimum Gasteiger partial charge on any atom is -0.356 e. The van der Waals surface area contributed by atoms with Gasteiger partial charge in [0.15, 0.2) is 0 Å². The second-order valence-electron chi connectivity index (χ2n) is 5.86. The van der Waals surface area contributed by atoms with Gasteiger partial charge in [0.1, 0.15) is 0 Å². The molecule has 2 aromatic rings. The molecule has 1 aromatic heterocycles. The van der Waals surface area contributed by atoms with Crippen LogP contribution in [0.4, 0.5) is 0 Å². The van der Waals surface area contributed by atoms with Crippen molar-refractivity contribution in [3.8, 4) is 5.69 Å². The lowest BCUT2D eigenvalue weighted by molar-refractivity contribution is -0.124. The number of aryl methyl sites for hydroxylation is 2. The lowest BCUT2D eigenvalue weighted by Crippen LogP contribution is -2.30. The normalized spacial score (nSPS) is 12.2. The molecular formula is C18H25N3O. The van der Waals surface area contributed by atoms with Gasteiger partial charge in [-0.1, -0.05) is 26.0 Å². The van der Waals surface area contributed by atoms with Crippen molar-refractivity contribution >= 4 is 5.91 Å². The van der Waals surface area contributed by atoms with Crippen LogP contribution < -0.4 is 5.32 Å². The van der Waals surface area contributed by atoms with Gasteiger partial charge in [-0.2, -0.15) is 5.10 Å². The third-order valence-electron chi connectivity index (χ3n) is 3.96. The molecule has 0 aliphatic rings. The Morgan fingerprint density at radius 2 is 1.95 bits per heavy atom. The second kappa shape index (κ2) is 7.25. The monoisotopic (exact) mass is 299 g/mol. The molecule has 1 heterocycles. The molecule has 1 unspecified atom stereocenters. The Bertz CT molecular complexity index is 628. The van der Waals surface area contributed by atoms with Crippen LogP contribution in [0.15, 0.2) is 30.3 Å². The number of nitrogens with one attached hydrogen (secondary N) is 1. The van der Waals surface area contributed by atoms with Gasteiger partial charge < -0.3 is 5.32 Å². The number of amides is 1. The number of hydrogen-bond donors (Lipinski definition) is 1. The van der Waals surface area contributed by atoms with Crippen LogP contribution in [0.2, 0.25) is 0 Å². The molecule has 4 heteroatoms. The van der Waals surface area contributed by atoms with Crippen LogP contribution in [-0.2, 0) is 11.2 Å². The highest BCUT2D eigenvalue weighted by Gasteiger charge is 2.09. The van der Waals surface area contributed by atoms with Crippen molar-refractivity contribution < 1.29 is 4.79 Å². The van der Waals surface area contributed by atoms with Crippen molar-refractivity contribution in [1.29, 1.82) is 0 Å². The smallest absolute Gasteiger partial charge is 0.222 e. The number of rotatable bonds is 6. The van der Waals surface area contributed by atoms with Gasteiger partial charge in [-0.15, -0.1) is 0 Å². The molecule has 4 nitrogen and oxygen atoms in total. The molecule has 2 rings (SSSR count). The lowest BCUT2D eigenvalue weighted by Gasteiger charge is -2.10. The highest BCUT2D eigenvalue weighted by atomic mass is 16.1. The molecule has 1 atom stereocenters. The summed E-state index contributed by atoms with van der Waals surface area (Å²) in [5, 5.41) is 7.47. The van der Waals surface area contributed by atoms with Gasteiger partial charge in [0.05, 0.1) is 11.4 Å². The fourth-order valence-electron chi connectivity index (χ4n) is 2.38. The van der Waals surface area contributed by atoms with E-state index in [-0.39, 0.29) is 11.8 Å². The summed E-state index contributed by atoms with van der Waals surface area (Å²) in [4.78, 5) is 11.7. The molecule has 0 spiro atoms. The first-order valence-corrected chi connectivity index (χ1v) is 7.91. The minimum atomic E-state index is 0.0911. The van der Waals surface area contributed by atoms with Crippen LogP contribution in [0.3, 0.4) is 0 Å². The predicted molar refractivity (Wildman–Crippen MR) is 89.2 cm³/mol. The van der Waals surface area contributed by atoms with Gasteiger partial charge in [0.25, 0.3) is 0 Å². The minimum absolute atomic E-state index is 0.0911. The van der Waals surface area contributed by atoms with E-state index in [4.69, 9.17) is 0 Å². The molecule has 1 aromatic carbocycles. The average molecular weight is 299 g/mol. The largest absolute Gasteiger partial charge is 0.356 e. The quantitative estimate of drug-likeness (QED) is 0.890. The van der Waals surface area contributed by atoms with Gasteiger partial charge in [-0.3, -0.25) is 4.79 Å². The Kier molecular flexibility index (Phi) is 5.36. The number of hydrogen-bond acceptors (Lipinski definition) is 2. The number of aromatic nitrogens is 2. The summed E-state index contributed by atoms with van der Waals surface area (Å²) in [6.07, 6.45) is 1.72. The highest BCUT2D eigenvalue weighted by Crippen LogP contribution is 2.13. The molecule has 1 N–H and O–H groups in total. The molecule has 118 valence electrons. The average Bonchev–Trinajstić information content (AvgIpc) is 2.85. The summed E-state index contributed by atoms with van der Waals surface area (Å²) in [6.45, 7) is 8.72. The second-order valence-corrected chi connectivity index (χ2v) is 5.86. The van der Waals surface area contributed by atoms with Crippen molar-refractivity contribution in [2.24, 2.45) is 5.92 Å². The van der Waals surface area contributed by atoms with Crippen LogP contribution in [0, 0.1) is 19.8 Å². The summed E-state index contributed by atoms with van der Waals surface area (Å²) < 4.78 is 1.95. The first-order chi connectivity index (χ1) is 10.5. The molecule has 1 amide bonds. The Balaban J connectivity index is 1.92. The maximum Gasteiger partial charge on any atom is 0.222 e. The zero-order valence-corrected chi connectivity index (χ0v) is 13.9. The zero-order chi connectivity index (χ0) is 16.1. The van der Waals surface area contributed by atoms with E-state index < -0.39 is 0 Å². The highest BCUT2D eigenvalue weighted by molar-refractivity contribution is 5.78. The van der Waals surface area contributed by atoms with Gasteiger partial charge in [-0.25, -0.2) is 4.68 Å². The van der Waals surface area contributed by atoms with Crippen molar-refractivity contribution in [3.05, 3.63) is 47.3 Å². The Morgan fingerprint density at radius 1 is 1.27 bits per heavy atom. The van der Waals surface area contributed by atoms with Crippen molar-refractivity contribution in [3.63, 3.8) is 0 Å². The third-order valence-corrected chi connectivity index (χ3v) is 3.96. The lowest BCUT2D eigenvalue weighted by atomic mass is 10.1. The van der Waals surface area contributed by atoms with E-state index in [1.54, 1.807) is 0 Å². The molecule has 0 radical (unpaired) electrons. The third kappa shape index (κ3) is 3.97. The summed E-state index contributed by atoms with van der Waals surface area (Å²) in [5.41, 5.74) is 4.44. The molecule has 0 aliphatic heterocycles. The van der Waals surface area contributed by atoms with Gasteiger partial charge in [0, 0.05) is 18.2 Å². The van der Waals surface area contributed by atoms with Crippen molar-refractivity contribution in [2.45, 2.75) is 40.5 Å². The fourth-order valence-corrected chi connectivity index (χ4v) is 2.38. The van der Waals surface area contributed by atoms with Gasteiger partial charge >= 0.3 is 0 Å². The molecule has 0 aliphatic carbocycles. The van der Waals surface area contributed by atoms with E-state index in [2.05, 4.69) is 47.7 Å². The van der Waals surface area contributed by atoms with Crippen molar-refractivity contribution in [1.82, 2.24) is 15.1 Å². The molecule has 0 saturated carbocycles. The van der Waals surface area contributed by atoms with Crippen LogP contribution >= 0.6 is 0 Å². The van der Waals surface area contributed by atoms with Gasteiger partial charge in [-0.05, 0) is 50.5 Å². The van der Waals surface area contributed by atoms with Crippen LogP contribution in [0.1, 0.15) is 37.2 Å². The van der Waals surface area contributed by atoms with Crippen LogP contribution in [0.5, 0.6) is 0 Å². The van der Waals surface area contributed by atoms with E-state index in [0.717, 1.165) is 29.9 Å². The predicted octanol–water partition coefficient (Wildman–Crippen LogP) is 3.19. The fraction of sp³-hybridized carbons (Fsp3) is 0.444. The SMILES string of the molecule is CCC(C)C(=O)NCCc1ccc(-n2nc(C)cc2C)cc1. The Hall–Kier alpha value is -2.10. The zero-order valence-electron chi connectivity index (χ0n) is 13.9. The maximum absolute atomic E-state index is 11.7. The standard InChI is InChI=1S/C18H25N3O/c1-5-13(2)18(22)19-11-10-16-6-8-17(9-7-16)21-15(4)12-14(3)20-21/h6-9,12-13H,5,10-11H2,1-4H3,(H,19,22). The maximum atomic E-state index is 11.7. The van der Waals surface area contributed by atoms with E-state index in [9.17, 15) is 4.79 Å². The Morgan fingerprint density at radius 3 is 2.50 bits per heavy atom. The number of nitrogens with zero attached hydrogens (tertiary/aromatic N) is 2. The summed E-state index contributed by atoms with van der Waals surface area (Å²) in [5.74, 6) is 0.232. The first-order valence-electron chi connectivity index (χ1n) is 7.91. The number of benzene rings is 1. The number of carbonyl (C=O) groups excluding carboxylic acids is 1.